The van der Waals surface area contributed by atoms with E-state index >= 15 is 0 Å². The van der Waals surface area contributed by atoms with Crippen molar-refractivity contribution in [2.45, 2.75) is 19.8 Å². The van der Waals surface area contributed by atoms with Crippen LogP contribution in [-0.2, 0) is 4.79 Å². The van der Waals surface area contributed by atoms with Gasteiger partial charge >= 0.3 is 5.91 Å². The molecular weight excluding hydrogens is 515 g/mol. The Morgan fingerprint density at radius 2 is 1.75 bits per heavy atom. The van der Waals surface area contributed by atoms with Crippen LogP contribution in [0.5, 0.6) is 11.5 Å². The van der Waals surface area contributed by atoms with Crippen LogP contribution in [0.3, 0.4) is 0 Å². The molecule has 10 nitrogen and oxygen atoms in total. The standard InChI is InChI=1S/C29H23FN6O4/c1-17-2-11-23(36(39)27(17)18-5-7-20(30)8-6-18)29(38)33-24-12-9-21(14-31-24)40-22-10-13-26-32-25(16-35(26)15-22)34-28(37)19-3-4-19/h2,5-16,19H,3-4H2,1H3,(H,34,37)(H,31,33,38). The first-order valence-electron chi connectivity index (χ1n) is 12.6. The van der Waals surface area contributed by atoms with Crippen molar-refractivity contribution in [1.82, 2.24) is 14.4 Å². The highest BCUT2D eigenvalue weighted by molar-refractivity contribution is 6.01. The molecule has 11 heteroatoms. The van der Waals surface area contributed by atoms with Crippen molar-refractivity contribution >= 4 is 29.1 Å². The summed E-state index contributed by atoms with van der Waals surface area (Å²) in [5.41, 5.74) is 1.93. The first kappa shape index (κ1) is 25.0. The number of fused-ring (bicyclic) bond motifs is 1. The minimum Gasteiger partial charge on any atom is -0.618 e. The molecule has 1 saturated carbocycles. The summed E-state index contributed by atoms with van der Waals surface area (Å²) in [6.07, 6.45) is 6.72. The molecule has 5 aromatic rings. The minimum absolute atomic E-state index is 0.0149. The van der Waals surface area contributed by atoms with Gasteiger partial charge in [-0.2, -0.15) is 4.73 Å². The normalized spacial score (nSPS) is 12.8. The second kappa shape index (κ2) is 10.1. The fourth-order valence-corrected chi connectivity index (χ4v) is 4.25. The monoisotopic (exact) mass is 538 g/mol. The number of carbonyl (C=O) groups is 2. The van der Waals surface area contributed by atoms with Gasteiger partial charge in [0.2, 0.25) is 11.6 Å². The number of aryl methyl sites for hydroxylation is 1. The Morgan fingerprint density at radius 3 is 2.48 bits per heavy atom. The van der Waals surface area contributed by atoms with E-state index in [1.165, 1.54) is 36.5 Å². The van der Waals surface area contributed by atoms with Gasteiger partial charge in [-0.1, -0.05) is 0 Å². The van der Waals surface area contributed by atoms with Crippen LogP contribution in [0.1, 0.15) is 28.9 Å². The number of nitrogens with one attached hydrogen (secondary N) is 2. The molecule has 1 aliphatic rings. The Morgan fingerprint density at radius 1 is 0.975 bits per heavy atom. The average molecular weight is 539 g/mol. The maximum Gasteiger partial charge on any atom is 0.322 e. The quantitative estimate of drug-likeness (QED) is 0.225. The maximum atomic E-state index is 13.3. The first-order chi connectivity index (χ1) is 19.3. The average Bonchev–Trinajstić information content (AvgIpc) is 3.71. The second-order valence-electron chi connectivity index (χ2n) is 9.51. The first-order valence-corrected chi connectivity index (χ1v) is 12.6. The lowest BCUT2D eigenvalue weighted by atomic mass is 10.1. The highest BCUT2D eigenvalue weighted by Crippen LogP contribution is 2.30. The Labute approximate surface area is 227 Å². The predicted molar refractivity (Wildman–Crippen MR) is 144 cm³/mol. The number of ether oxygens (including phenoxy) is 1. The smallest absolute Gasteiger partial charge is 0.322 e. The number of benzene rings is 1. The second-order valence-corrected chi connectivity index (χ2v) is 9.51. The molecule has 40 heavy (non-hydrogen) atoms. The van der Waals surface area contributed by atoms with Gasteiger partial charge in [-0.15, -0.1) is 0 Å². The number of anilines is 2. The zero-order chi connectivity index (χ0) is 27.8. The molecule has 0 atom stereocenters. The summed E-state index contributed by atoms with van der Waals surface area (Å²) < 4.78 is 21.5. The molecule has 0 aliphatic heterocycles. The van der Waals surface area contributed by atoms with Crippen LogP contribution in [0.15, 0.2) is 79.3 Å². The van der Waals surface area contributed by atoms with Crippen LogP contribution in [0.4, 0.5) is 16.0 Å². The molecule has 2 N–H and O–H groups in total. The number of hydrogen-bond donors (Lipinski definition) is 2. The number of pyridine rings is 3. The van der Waals surface area contributed by atoms with E-state index in [0.717, 1.165) is 12.8 Å². The Balaban J connectivity index is 1.14. The van der Waals surface area contributed by atoms with Crippen molar-refractivity contribution in [2.75, 3.05) is 10.6 Å². The molecule has 0 unspecified atom stereocenters. The van der Waals surface area contributed by atoms with E-state index in [4.69, 9.17) is 4.74 Å². The Kier molecular flexibility index (Phi) is 6.31. The molecule has 2 amide bonds. The summed E-state index contributed by atoms with van der Waals surface area (Å²) in [4.78, 5) is 33.5. The number of carbonyl (C=O) groups excluding carboxylic acids is 2. The van der Waals surface area contributed by atoms with Gasteiger partial charge in [0.25, 0.3) is 5.69 Å². The highest BCUT2D eigenvalue weighted by atomic mass is 19.1. The lowest BCUT2D eigenvalue weighted by molar-refractivity contribution is -0.596. The van der Waals surface area contributed by atoms with Crippen molar-refractivity contribution < 1.29 is 23.4 Å². The van der Waals surface area contributed by atoms with Crippen molar-refractivity contribution in [3.05, 3.63) is 102 Å². The summed E-state index contributed by atoms with van der Waals surface area (Å²) in [7, 11) is 0. The van der Waals surface area contributed by atoms with Gasteiger partial charge in [0.05, 0.1) is 18.6 Å². The number of nitrogens with zero attached hydrogens (tertiary/aromatic N) is 4. The Bertz CT molecular complexity index is 1750. The molecule has 1 aliphatic carbocycles. The lowest BCUT2D eigenvalue weighted by Gasteiger charge is -2.12. The largest absolute Gasteiger partial charge is 0.618 e. The van der Waals surface area contributed by atoms with E-state index in [-0.39, 0.29) is 29.0 Å². The zero-order valence-corrected chi connectivity index (χ0v) is 21.3. The minimum atomic E-state index is -0.644. The van der Waals surface area contributed by atoms with Crippen LogP contribution in [-0.4, -0.2) is 26.2 Å². The van der Waals surface area contributed by atoms with Gasteiger partial charge in [-0.05, 0) is 74.4 Å². The molecule has 4 heterocycles. The van der Waals surface area contributed by atoms with E-state index in [1.807, 2.05) is 0 Å². The van der Waals surface area contributed by atoms with Crippen LogP contribution < -0.4 is 20.1 Å². The van der Waals surface area contributed by atoms with E-state index in [1.54, 1.807) is 54.0 Å². The van der Waals surface area contributed by atoms with Gasteiger partial charge in [0.1, 0.15) is 28.8 Å². The number of hydrogen-bond acceptors (Lipinski definition) is 6. The van der Waals surface area contributed by atoms with E-state index in [0.29, 0.717) is 38.8 Å². The third-order valence-corrected chi connectivity index (χ3v) is 6.47. The summed E-state index contributed by atoms with van der Waals surface area (Å²) in [6, 6.07) is 15.3. The number of rotatable bonds is 7. The van der Waals surface area contributed by atoms with Gasteiger partial charge in [-0.3, -0.25) is 9.59 Å². The van der Waals surface area contributed by atoms with Crippen LogP contribution in [0, 0.1) is 23.9 Å². The topological polar surface area (TPSA) is 125 Å². The molecule has 0 saturated heterocycles. The molecule has 4 aromatic heterocycles. The molecule has 6 rings (SSSR count). The summed E-state index contributed by atoms with van der Waals surface area (Å²) in [6.45, 7) is 1.74. The third kappa shape index (κ3) is 5.17. The summed E-state index contributed by atoms with van der Waals surface area (Å²) in [5, 5.41) is 18.5. The number of imidazole rings is 1. The fourth-order valence-electron chi connectivity index (χ4n) is 4.25. The molecule has 1 aromatic carbocycles. The predicted octanol–water partition coefficient (Wildman–Crippen LogP) is 4.87. The van der Waals surface area contributed by atoms with Gasteiger partial charge < -0.3 is 25.0 Å². The van der Waals surface area contributed by atoms with Crippen molar-refractivity contribution in [1.29, 1.82) is 0 Å². The van der Waals surface area contributed by atoms with Crippen LogP contribution >= 0.6 is 0 Å². The molecule has 0 bridgehead atoms. The summed E-state index contributed by atoms with van der Waals surface area (Å²) in [5.74, 6) is 0.652. The zero-order valence-electron chi connectivity index (χ0n) is 21.3. The number of amides is 2. The van der Waals surface area contributed by atoms with Crippen molar-refractivity contribution in [3.63, 3.8) is 0 Å². The molecule has 0 radical (unpaired) electrons. The fraction of sp³-hybridized carbons (Fsp3) is 0.138. The van der Waals surface area contributed by atoms with Crippen LogP contribution in [0.2, 0.25) is 0 Å². The van der Waals surface area contributed by atoms with E-state index in [9.17, 15) is 19.2 Å². The van der Waals surface area contributed by atoms with E-state index < -0.39 is 11.7 Å². The summed E-state index contributed by atoms with van der Waals surface area (Å²) >= 11 is 0. The number of halogens is 1. The maximum absolute atomic E-state index is 13.3. The number of aromatic nitrogens is 4. The van der Waals surface area contributed by atoms with Gasteiger partial charge in [0.15, 0.2) is 5.82 Å². The van der Waals surface area contributed by atoms with Crippen molar-refractivity contribution in [3.8, 4) is 22.8 Å². The Hall–Kier alpha value is -5.32. The molecular formula is C29H23FN6O4. The third-order valence-electron chi connectivity index (χ3n) is 6.47. The lowest BCUT2D eigenvalue weighted by Crippen LogP contribution is -2.39. The van der Waals surface area contributed by atoms with E-state index in [2.05, 4.69) is 20.6 Å². The SMILES string of the molecule is Cc1ccc(C(=O)Nc2ccc(Oc3ccc4nc(NC(=O)C5CC5)cn4c3)cn2)[n+]([O-])c1-c1ccc(F)cc1. The van der Waals surface area contributed by atoms with Crippen molar-refractivity contribution in [2.24, 2.45) is 5.92 Å². The molecule has 1 fully saturated rings. The van der Waals surface area contributed by atoms with Crippen LogP contribution in [0.25, 0.3) is 16.9 Å². The van der Waals surface area contributed by atoms with Gasteiger partial charge in [0, 0.05) is 23.1 Å². The molecule has 200 valence electrons. The van der Waals surface area contributed by atoms with Gasteiger partial charge in [-0.25, -0.2) is 14.4 Å². The highest BCUT2D eigenvalue weighted by Gasteiger charge is 2.30. The molecule has 0 spiro atoms.